The Morgan fingerprint density at radius 2 is 2.29 bits per heavy atom. The van der Waals surface area contributed by atoms with Crippen molar-refractivity contribution in [1.82, 2.24) is 19.7 Å². The highest BCUT2D eigenvalue weighted by Gasteiger charge is 2.16. The van der Waals surface area contributed by atoms with Gasteiger partial charge in [-0.05, 0) is 28.9 Å². The highest BCUT2D eigenvalue weighted by molar-refractivity contribution is 9.10. The lowest BCUT2D eigenvalue weighted by molar-refractivity contribution is 0.170. The van der Waals surface area contributed by atoms with E-state index in [1.165, 1.54) is 6.33 Å². The van der Waals surface area contributed by atoms with Crippen LogP contribution in [0.2, 0.25) is 0 Å². The summed E-state index contributed by atoms with van der Waals surface area (Å²) in [6.07, 6.45) is 2.87. The van der Waals surface area contributed by atoms with E-state index < -0.39 is 6.10 Å². The molecule has 0 saturated carbocycles. The quantitative estimate of drug-likeness (QED) is 0.933. The molecule has 90 valence electrons. The Balaban J connectivity index is 2.22. The molecule has 5 nitrogen and oxygen atoms in total. The monoisotopic (exact) mass is 296 g/mol. The predicted octanol–water partition coefficient (Wildman–Crippen LogP) is 1.56. The normalized spacial score (nSPS) is 12.7. The molecule has 0 saturated heterocycles. The number of halogens is 1. The summed E-state index contributed by atoms with van der Waals surface area (Å²) in [5, 5.41) is 14.4. The maximum atomic E-state index is 10.1. The molecule has 1 atom stereocenters. The zero-order valence-electron chi connectivity index (χ0n) is 9.63. The molecular weight excluding hydrogens is 284 g/mol. The molecular formula is C11H13BrN4O. The third-order valence-electron chi connectivity index (χ3n) is 2.59. The lowest BCUT2D eigenvalue weighted by atomic mass is 10.1. The number of hydrogen-bond donors (Lipinski definition) is 1. The first kappa shape index (κ1) is 12.2. The van der Waals surface area contributed by atoms with Crippen LogP contribution in [-0.2, 0) is 13.5 Å². The van der Waals surface area contributed by atoms with E-state index in [1.54, 1.807) is 16.9 Å². The highest BCUT2D eigenvalue weighted by Crippen LogP contribution is 2.24. The summed E-state index contributed by atoms with van der Waals surface area (Å²) >= 11 is 3.47. The second-order valence-electron chi connectivity index (χ2n) is 3.82. The minimum absolute atomic E-state index is 0.467. The number of aliphatic hydroxyl groups is 1. The van der Waals surface area contributed by atoms with Crippen molar-refractivity contribution in [2.75, 3.05) is 0 Å². The van der Waals surface area contributed by atoms with Gasteiger partial charge in [0, 0.05) is 19.7 Å². The van der Waals surface area contributed by atoms with Crippen LogP contribution in [0.5, 0.6) is 0 Å². The van der Waals surface area contributed by atoms with E-state index in [0.29, 0.717) is 12.1 Å². The minimum atomic E-state index is -0.649. The Morgan fingerprint density at radius 3 is 2.82 bits per heavy atom. The molecule has 1 N–H and O–H groups in total. The molecule has 2 heterocycles. The maximum Gasteiger partial charge on any atom is 0.115 e. The van der Waals surface area contributed by atoms with Gasteiger partial charge in [-0.3, -0.25) is 4.68 Å². The molecule has 2 aromatic rings. The summed E-state index contributed by atoms with van der Waals surface area (Å²) in [5.74, 6) is 0. The number of nitrogens with zero attached hydrogens (tertiary/aromatic N) is 4. The molecule has 0 fully saturated rings. The van der Waals surface area contributed by atoms with Gasteiger partial charge in [0.2, 0.25) is 0 Å². The molecule has 0 aliphatic heterocycles. The Morgan fingerprint density at radius 1 is 1.53 bits per heavy atom. The molecule has 0 aliphatic carbocycles. The van der Waals surface area contributed by atoms with E-state index in [-0.39, 0.29) is 0 Å². The van der Waals surface area contributed by atoms with Crippen molar-refractivity contribution in [2.24, 2.45) is 7.05 Å². The van der Waals surface area contributed by atoms with Crippen molar-refractivity contribution in [1.29, 1.82) is 0 Å². The average Bonchev–Trinajstić information content (AvgIpc) is 2.57. The Kier molecular flexibility index (Phi) is 3.54. The van der Waals surface area contributed by atoms with Crippen LogP contribution >= 0.6 is 15.9 Å². The fraction of sp³-hybridized carbons (Fsp3) is 0.364. The smallest absolute Gasteiger partial charge is 0.115 e. The summed E-state index contributed by atoms with van der Waals surface area (Å²) in [4.78, 5) is 7.86. The van der Waals surface area contributed by atoms with E-state index in [2.05, 4.69) is 31.0 Å². The van der Waals surface area contributed by atoms with Crippen LogP contribution < -0.4 is 0 Å². The van der Waals surface area contributed by atoms with Gasteiger partial charge in [0.1, 0.15) is 12.4 Å². The molecule has 1 unspecified atom stereocenters. The van der Waals surface area contributed by atoms with E-state index in [4.69, 9.17) is 0 Å². The van der Waals surface area contributed by atoms with E-state index >= 15 is 0 Å². The first-order valence-corrected chi connectivity index (χ1v) is 6.01. The van der Waals surface area contributed by atoms with Crippen molar-refractivity contribution in [2.45, 2.75) is 19.4 Å². The lowest BCUT2D eigenvalue weighted by Crippen LogP contribution is -2.08. The van der Waals surface area contributed by atoms with Gasteiger partial charge in [-0.2, -0.15) is 5.10 Å². The molecule has 0 amide bonds. The van der Waals surface area contributed by atoms with Crippen LogP contribution in [0.25, 0.3) is 0 Å². The SMILES string of the molecule is Cc1nn(C)c(CC(O)c2ccncn2)c1Br. The van der Waals surface area contributed by atoms with Crippen LogP contribution in [0, 0.1) is 6.92 Å². The molecule has 0 spiro atoms. The molecule has 0 radical (unpaired) electrons. The zero-order chi connectivity index (χ0) is 12.4. The van der Waals surface area contributed by atoms with Gasteiger partial charge in [-0.15, -0.1) is 0 Å². The first-order chi connectivity index (χ1) is 8.09. The number of rotatable bonds is 3. The Hall–Kier alpha value is -1.27. The first-order valence-electron chi connectivity index (χ1n) is 5.21. The third-order valence-corrected chi connectivity index (χ3v) is 3.63. The number of hydrogen-bond acceptors (Lipinski definition) is 4. The molecule has 0 aromatic carbocycles. The van der Waals surface area contributed by atoms with Gasteiger partial charge < -0.3 is 5.11 Å². The van der Waals surface area contributed by atoms with Gasteiger partial charge >= 0.3 is 0 Å². The number of aliphatic hydroxyl groups excluding tert-OH is 1. The van der Waals surface area contributed by atoms with Gasteiger partial charge in [-0.25, -0.2) is 9.97 Å². The molecule has 0 bridgehead atoms. The largest absolute Gasteiger partial charge is 0.386 e. The molecule has 0 aliphatic rings. The van der Waals surface area contributed by atoms with Gasteiger partial charge in [0.05, 0.1) is 21.6 Å². The number of aryl methyl sites for hydroxylation is 2. The van der Waals surface area contributed by atoms with Gasteiger partial charge in [-0.1, -0.05) is 0 Å². The molecule has 2 rings (SSSR count). The topological polar surface area (TPSA) is 63.8 Å². The second-order valence-corrected chi connectivity index (χ2v) is 4.62. The maximum absolute atomic E-state index is 10.1. The highest BCUT2D eigenvalue weighted by atomic mass is 79.9. The summed E-state index contributed by atoms with van der Waals surface area (Å²) in [5.41, 5.74) is 2.48. The summed E-state index contributed by atoms with van der Waals surface area (Å²) in [7, 11) is 1.86. The molecule has 6 heteroatoms. The third kappa shape index (κ3) is 2.53. The van der Waals surface area contributed by atoms with Gasteiger partial charge in [0.15, 0.2) is 0 Å². The van der Waals surface area contributed by atoms with Gasteiger partial charge in [0.25, 0.3) is 0 Å². The minimum Gasteiger partial charge on any atom is -0.386 e. The van der Waals surface area contributed by atoms with E-state index in [0.717, 1.165) is 15.9 Å². The van der Waals surface area contributed by atoms with Crippen LogP contribution in [0.1, 0.15) is 23.2 Å². The summed E-state index contributed by atoms with van der Waals surface area (Å²) < 4.78 is 2.71. The van der Waals surface area contributed by atoms with Crippen molar-refractivity contribution >= 4 is 15.9 Å². The van der Waals surface area contributed by atoms with Crippen LogP contribution in [0.15, 0.2) is 23.1 Å². The lowest BCUT2D eigenvalue weighted by Gasteiger charge is -2.10. The van der Waals surface area contributed by atoms with E-state index in [9.17, 15) is 5.11 Å². The molecule has 2 aromatic heterocycles. The standard InChI is InChI=1S/C11H13BrN4O/c1-7-11(12)9(16(2)15-7)5-10(17)8-3-4-13-6-14-8/h3-4,6,10,17H,5H2,1-2H3. The van der Waals surface area contributed by atoms with Crippen LogP contribution in [0.3, 0.4) is 0 Å². The fourth-order valence-electron chi connectivity index (χ4n) is 1.69. The van der Waals surface area contributed by atoms with Crippen LogP contribution in [-0.4, -0.2) is 24.9 Å². The van der Waals surface area contributed by atoms with E-state index in [1.807, 2.05) is 14.0 Å². The Labute approximate surface area is 108 Å². The average molecular weight is 297 g/mol. The fourth-order valence-corrected chi connectivity index (χ4v) is 2.19. The zero-order valence-corrected chi connectivity index (χ0v) is 11.2. The van der Waals surface area contributed by atoms with Crippen molar-refractivity contribution in [3.8, 4) is 0 Å². The Bertz CT molecular complexity index is 512. The summed E-state index contributed by atoms with van der Waals surface area (Å²) in [6.45, 7) is 1.92. The predicted molar refractivity (Wildman–Crippen MR) is 66.3 cm³/mol. The summed E-state index contributed by atoms with van der Waals surface area (Å²) in [6, 6.07) is 1.71. The van der Waals surface area contributed by atoms with Crippen molar-refractivity contribution in [3.63, 3.8) is 0 Å². The second kappa shape index (κ2) is 4.93. The van der Waals surface area contributed by atoms with Crippen LogP contribution in [0.4, 0.5) is 0 Å². The van der Waals surface area contributed by atoms with Crippen molar-refractivity contribution in [3.05, 3.63) is 40.1 Å². The van der Waals surface area contributed by atoms with Crippen molar-refractivity contribution < 1.29 is 5.11 Å². The molecule has 17 heavy (non-hydrogen) atoms. The number of aromatic nitrogens is 4.